The molecule has 2 heterocycles. The molecule has 0 bridgehead atoms. The Kier molecular flexibility index (Phi) is 6.99. The molecule has 2 aromatic heterocycles. The fourth-order valence-corrected chi connectivity index (χ4v) is 4.05. The summed E-state index contributed by atoms with van der Waals surface area (Å²) in [5.74, 6) is -0.500. The summed E-state index contributed by atoms with van der Waals surface area (Å²) in [6.07, 6.45) is 1.90. The van der Waals surface area contributed by atoms with Gasteiger partial charge >= 0.3 is 6.18 Å². The van der Waals surface area contributed by atoms with Crippen LogP contribution >= 0.6 is 0 Å². The number of fused-ring (bicyclic) bond motifs is 1. The second kappa shape index (κ2) is 9.99. The van der Waals surface area contributed by atoms with E-state index in [1.807, 2.05) is 68.0 Å². The number of nitrogens with zero attached hydrogens (tertiary/aromatic N) is 3. The van der Waals surface area contributed by atoms with Gasteiger partial charge in [0.1, 0.15) is 5.65 Å². The largest absolute Gasteiger partial charge is 0.416 e. The van der Waals surface area contributed by atoms with Crippen molar-refractivity contribution in [2.24, 2.45) is 7.05 Å². The van der Waals surface area contributed by atoms with Crippen LogP contribution in [-0.2, 0) is 18.0 Å². The molecular weight excluding hydrogens is 465 g/mol. The Bertz CT molecular complexity index is 1450. The molecule has 186 valence electrons. The zero-order valence-corrected chi connectivity index (χ0v) is 20.5. The Morgan fingerprint density at radius 3 is 2.56 bits per heavy atom. The van der Waals surface area contributed by atoms with Crippen LogP contribution in [0.25, 0.3) is 33.3 Å². The number of aromatic nitrogens is 2. The summed E-state index contributed by atoms with van der Waals surface area (Å²) in [5, 5.41) is 3.38. The van der Waals surface area contributed by atoms with Crippen LogP contribution in [0.4, 0.5) is 18.9 Å². The first kappa shape index (κ1) is 25.2. The molecule has 0 atom stereocenters. The van der Waals surface area contributed by atoms with Crippen LogP contribution < -0.4 is 5.32 Å². The zero-order chi connectivity index (χ0) is 26.0. The Labute approximate surface area is 207 Å². The molecule has 1 N–H and O–H groups in total. The van der Waals surface area contributed by atoms with Crippen molar-refractivity contribution in [2.45, 2.75) is 13.1 Å². The van der Waals surface area contributed by atoms with Crippen molar-refractivity contribution >= 4 is 22.6 Å². The average molecular weight is 493 g/mol. The van der Waals surface area contributed by atoms with E-state index < -0.39 is 17.6 Å². The smallest absolute Gasteiger partial charge is 0.335 e. The summed E-state index contributed by atoms with van der Waals surface area (Å²) < 4.78 is 43.1. The van der Waals surface area contributed by atoms with Gasteiger partial charge in [0, 0.05) is 54.3 Å². The molecule has 0 unspecified atom stereocenters. The van der Waals surface area contributed by atoms with Gasteiger partial charge in [-0.05, 0) is 56.4 Å². The van der Waals surface area contributed by atoms with Crippen molar-refractivity contribution < 1.29 is 18.0 Å². The third-order valence-corrected chi connectivity index (χ3v) is 5.74. The molecule has 0 aliphatic rings. The summed E-state index contributed by atoms with van der Waals surface area (Å²) in [7, 11) is 5.59. The zero-order valence-electron chi connectivity index (χ0n) is 20.5. The molecule has 2 aromatic carbocycles. The van der Waals surface area contributed by atoms with Gasteiger partial charge in [0.25, 0.3) is 0 Å². The van der Waals surface area contributed by atoms with Crippen LogP contribution in [0.15, 0.2) is 73.1 Å². The molecular formula is C28H27F3N4O. The Morgan fingerprint density at radius 1 is 1.08 bits per heavy atom. The highest BCUT2D eigenvalue weighted by Crippen LogP contribution is 2.37. The SMILES string of the molecule is Cc1cccc(-c2cn(C)c3ncc(-c4cc(NC(=O)/C=C/CN(C)C)cc(C(F)(F)F)c4)cc23)c1. The molecule has 36 heavy (non-hydrogen) atoms. The van der Waals surface area contributed by atoms with Crippen LogP contribution in [0, 0.1) is 6.92 Å². The lowest BCUT2D eigenvalue weighted by molar-refractivity contribution is -0.137. The van der Waals surface area contributed by atoms with Gasteiger partial charge in [-0.3, -0.25) is 4.79 Å². The van der Waals surface area contributed by atoms with Gasteiger partial charge in [-0.2, -0.15) is 13.2 Å². The fraction of sp³-hybridized carbons (Fsp3) is 0.214. The molecule has 0 aliphatic heterocycles. The molecule has 0 radical (unpaired) electrons. The number of alkyl halides is 3. The van der Waals surface area contributed by atoms with E-state index in [0.717, 1.165) is 39.9 Å². The number of pyridine rings is 1. The third-order valence-electron chi connectivity index (χ3n) is 5.74. The van der Waals surface area contributed by atoms with Crippen molar-refractivity contribution in [1.29, 1.82) is 0 Å². The Hall–Kier alpha value is -3.91. The van der Waals surface area contributed by atoms with Crippen molar-refractivity contribution in [3.8, 4) is 22.3 Å². The number of hydrogen-bond donors (Lipinski definition) is 1. The topological polar surface area (TPSA) is 50.2 Å². The highest BCUT2D eigenvalue weighted by atomic mass is 19.4. The van der Waals surface area contributed by atoms with E-state index in [1.54, 1.807) is 12.3 Å². The second-order valence-corrected chi connectivity index (χ2v) is 9.07. The molecule has 0 saturated carbocycles. The summed E-state index contributed by atoms with van der Waals surface area (Å²) in [5.41, 5.74) is 3.82. The normalized spacial score (nSPS) is 12.1. The highest BCUT2D eigenvalue weighted by Gasteiger charge is 2.31. The lowest BCUT2D eigenvalue weighted by atomic mass is 9.99. The number of anilines is 1. The van der Waals surface area contributed by atoms with Crippen LogP contribution in [0.3, 0.4) is 0 Å². The van der Waals surface area contributed by atoms with Gasteiger partial charge in [0.15, 0.2) is 0 Å². The van der Waals surface area contributed by atoms with Crippen molar-refractivity contribution in [2.75, 3.05) is 26.0 Å². The summed E-state index contributed by atoms with van der Waals surface area (Å²) in [6.45, 7) is 2.54. The van der Waals surface area contributed by atoms with Crippen LogP contribution in [0.1, 0.15) is 11.1 Å². The molecule has 4 rings (SSSR count). The van der Waals surface area contributed by atoms with E-state index in [4.69, 9.17) is 0 Å². The Morgan fingerprint density at radius 2 is 1.86 bits per heavy atom. The molecule has 0 saturated heterocycles. The van der Waals surface area contributed by atoms with Crippen molar-refractivity contribution in [1.82, 2.24) is 14.5 Å². The van der Waals surface area contributed by atoms with Crippen LogP contribution in [0.2, 0.25) is 0 Å². The number of nitrogens with one attached hydrogen (secondary N) is 1. The summed E-state index contributed by atoms with van der Waals surface area (Å²) in [6, 6.07) is 13.4. The maximum absolute atomic E-state index is 13.7. The van der Waals surface area contributed by atoms with Gasteiger partial charge in [-0.25, -0.2) is 4.98 Å². The molecule has 0 spiro atoms. The van der Waals surface area contributed by atoms with E-state index in [2.05, 4.69) is 16.4 Å². The predicted molar refractivity (Wildman–Crippen MR) is 138 cm³/mol. The average Bonchev–Trinajstić information content (AvgIpc) is 3.14. The first-order valence-electron chi connectivity index (χ1n) is 11.4. The van der Waals surface area contributed by atoms with Crippen LogP contribution in [0.5, 0.6) is 0 Å². The van der Waals surface area contributed by atoms with E-state index in [9.17, 15) is 18.0 Å². The first-order chi connectivity index (χ1) is 17.0. The molecule has 5 nitrogen and oxygen atoms in total. The highest BCUT2D eigenvalue weighted by molar-refractivity contribution is 6.00. The predicted octanol–water partition coefficient (Wildman–Crippen LogP) is 6.29. The van der Waals surface area contributed by atoms with Crippen molar-refractivity contribution in [3.05, 3.63) is 84.2 Å². The number of carbonyl (C=O) groups excluding carboxylic acids is 1. The maximum Gasteiger partial charge on any atom is 0.416 e. The van der Waals surface area contributed by atoms with Gasteiger partial charge in [0.05, 0.1) is 5.56 Å². The van der Waals surface area contributed by atoms with Crippen molar-refractivity contribution in [3.63, 3.8) is 0 Å². The summed E-state index contributed by atoms with van der Waals surface area (Å²) in [4.78, 5) is 18.7. The standard InChI is InChI=1S/C28H27F3N4O/c1-18-7-5-8-19(11-18)25-17-35(4)27-24(25)14-21(16-32-27)20-12-22(28(29,30)31)15-23(13-20)33-26(36)9-6-10-34(2)3/h5-9,11-17H,10H2,1-4H3,(H,33,36)/b9-6+. The lowest BCUT2D eigenvalue weighted by Crippen LogP contribution is -2.13. The van der Waals surface area contributed by atoms with Gasteiger partial charge in [0.2, 0.25) is 5.91 Å². The van der Waals surface area contributed by atoms with E-state index in [0.29, 0.717) is 17.7 Å². The monoisotopic (exact) mass is 492 g/mol. The number of hydrogen-bond acceptors (Lipinski definition) is 3. The minimum absolute atomic E-state index is 0.0615. The van der Waals surface area contributed by atoms with Gasteiger partial charge in [-0.15, -0.1) is 0 Å². The third kappa shape index (κ3) is 5.66. The number of carbonyl (C=O) groups is 1. The molecule has 8 heteroatoms. The second-order valence-electron chi connectivity index (χ2n) is 9.07. The minimum Gasteiger partial charge on any atom is -0.335 e. The van der Waals surface area contributed by atoms with E-state index >= 15 is 0 Å². The van der Waals surface area contributed by atoms with E-state index in [-0.39, 0.29) is 5.69 Å². The number of rotatable bonds is 6. The van der Waals surface area contributed by atoms with E-state index in [1.165, 1.54) is 12.1 Å². The number of benzene rings is 2. The summed E-state index contributed by atoms with van der Waals surface area (Å²) >= 11 is 0. The number of likely N-dealkylation sites (N-methyl/N-ethyl adjacent to an activating group) is 1. The lowest BCUT2D eigenvalue weighted by Gasteiger charge is -2.13. The number of halogens is 3. The molecule has 0 fully saturated rings. The minimum atomic E-state index is -4.58. The quantitative estimate of drug-likeness (QED) is 0.322. The molecule has 0 aliphatic carbocycles. The molecule has 4 aromatic rings. The Balaban J connectivity index is 1.78. The maximum atomic E-state index is 13.7. The number of amides is 1. The van der Waals surface area contributed by atoms with Gasteiger partial charge < -0.3 is 14.8 Å². The molecule has 1 amide bonds. The first-order valence-corrected chi connectivity index (χ1v) is 11.4. The van der Waals surface area contributed by atoms with Gasteiger partial charge in [-0.1, -0.05) is 35.9 Å². The fourth-order valence-electron chi connectivity index (χ4n) is 4.05. The van der Waals surface area contributed by atoms with Crippen LogP contribution in [-0.4, -0.2) is 41.0 Å². The number of aryl methyl sites for hydroxylation is 2.